The van der Waals surface area contributed by atoms with Crippen LogP contribution < -0.4 is 25.6 Å². The van der Waals surface area contributed by atoms with Gasteiger partial charge in [-0.1, -0.05) is 58.0 Å². The molecule has 0 saturated carbocycles. The van der Waals surface area contributed by atoms with Crippen molar-refractivity contribution in [1.29, 1.82) is 0 Å². The first-order chi connectivity index (χ1) is 16.2. The van der Waals surface area contributed by atoms with Gasteiger partial charge in [0.15, 0.2) is 11.7 Å². The van der Waals surface area contributed by atoms with Crippen molar-refractivity contribution in [2.75, 3.05) is 13.2 Å². The maximum absolute atomic E-state index is 12.7. The number of ether oxygens (including phenoxy) is 2. The van der Waals surface area contributed by atoms with Gasteiger partial charge in [0.05, 0.1) is 16.6 Å². The highest BCUT2D eigenvalue weighted by Gasteiger charge is 2.16. The van der Waals surface area contributed by atoms with Crippen molar-refractivity contribution in [2.45, 2.75) is 39.5 Å². The van der Waals surface area contributed by atoms with Crippen LogP contribution in [0.3, 0.4) is 0 Å². The third kappa shape index (κ3) is 9.52. The predicted molar refractivity (Wildman–Crippen MR) is 147 cm³/mol. The van der Waals surface area contributed by atoms with Crippen LogP contribution in [0.25, 0.3) is 0 Å². The number of carbonyl (C=O) groups excluding carboxylic acids is 2. The van der Waals surface area contributed by atoms with E-state index in [9.17, 15) is 9.59 Å². The van der Waals surface area contributed by atoms with Gasteiger partial charge in [0.25, 0.3) is 11.8 Å². The van der Waals surface area contributed by atoms with Crippen molar-refractivity contribution in [3.05, 3.63) is 54.9 Å². The van der Waals surface area contributed by atoms with Gasteiger partial charge in [0, 0.05) is 8.95 Å². The molecule has 0 fully saturated rings. The Bertz CT molecular complexity index is 1010. The Balaban J connectivity index is 1.85. The summed E-state index contributed by atoms with van der Waals surface area (Å²) < 4.78 is 13.7. The molecule has 0 aliphatic carbocycles. The molecule has 2 aromatic rings. The van der Waals surface area contributed by atoms with E-state index in [0.717, 1.165) is 44.7 Å². The average Bonchev–Trinajstić information content (AvgIpc) is 2.77. The van der Waals surface area contributed by atoms with Crippen LogP contribution in [0.4, 0.5) is 0 Å². The van der Waals surface area contributed by atoms with Crippen LogP contribution >= 0.6 is 60.0 Å². The van der Waals surface area contributed by atoms with E-state index in [0.29, 0.717) is 23.7 Å². The van der Waals surface area contributed by atoms with Gasteiger partial charge in [-0.3, -0.25) is 25.8 Å². The molecule has 7 nitrogen and oxygen atoms in total. The highest BCUT2D eigenvalue weighted by molar-refractivity contribution is 9.11. The number of nitrogens with one attached hydrogen (secondary N) is 3. The van der Waals surface area contributed by atoms with Crippen LogP contribution in [0.1, 0.15) is 48.5 Å². The summed E-state index contributed by atoms with van der Waals surface area (Å²) >= 11 is 15.3. The minimum Gasteiger partial charge on any atom is -0.493 e. The standard InChI is InChI=1S/C23H26Br3N3O4S/c1-3-4-5-6-9-32-19-8-7-15(24)11-17(19)22(31)27-23(34)29-28-20(30)13-33-21-14(2)10-16(25)12-18(21)26/h7-8,10-12H,3-6,9,13H2,1-2H3,(H,28,30)(H2,27,29,31,34). The molecule has 2 aromatic carbocycles. The van der Waals surface area contributed by atoms with E-state index >= 15 is 0 Å². The lowest BCUT2D eigenvalue weighted by Crippen LogP contribution is -2.49. The minimum absolute atomic E-state index is 0.0618. The molecule has 0 radical (unpaired) electrons. The van der Waals surface area contributed by atoms with E-state index in [1.807, 2.05) is 19.1 Å². The van der Waals surface area contributed by atoms with Gasteiger partial charge < -0.3 is 9.47 Å². The molecule has 3 N–H and O–H groups in total. The highest BCUT2D eigenvalue weighted by Crippen LogP contribution is 2.32. The summed E-state index contributed by atoms with van der Waals surface area (Å²) in [6.45, 7) is 4.30. The highest BCUT2D eigenvalue weighted by atomic mass is 79.9. The van der Waals surface area contributed by atoms with Gasteiger partial charge in [-0.05, 0) is 77.4 Å². The maximum atomic E-state index is 12.7. The van der Waals surface area contributed by atoms with Crippen molar-refractivity contribution < 1.29 is 19.1 Å². The molecule has 0 aliphatic heterocycles. The lowest BCUT2D eigenvalue weighted by Gasteiger charge is -2.15. The lowest BCUT2D eigenvalue weighted by molar-refractivity contribution is -0.123. The Morgan fingerprint density at radius 2 is 1.74 bits per heavy atom. The van der Waals surface area contributed by atoms with E-state index in [1.54, 1.807) is 18.2 Å². The van der Waals surface area contributed by atoms with Crippen LogP contribution in [-0.2, 0) is 4.79 Å². The summed E-state index contributed by atoms with van der Waals surface area (Å²) in [6, 6.07) is 8.90. The molecule has 0 atom stereocenters. The largest absolute Gasteiger partial charge is 0.493 e. The smallest absolute Gasteiger partial charge is 0.276 e. The molecule has 0 heterocycles. The van der Waals surface area contributed by atoms with E-state index < -0.39 is 11.8 Å². The van der Waals surface area contributed by atoms with E-state index in [4.69, 9.17) is 21.7 Å². The summed E-state index contributed by atoms with van der Waals surface area (Å²) in [5.74, 6) is 0.102. The monoisotopic (exact) mass is 677 g/mol. The number of hydrazine groups is 1. The number of thiocarbonyl (C=S) groups is 1. The first-order valence-electron chi connectivity index (χ1n) is 10.6. The fraction of sp³-hybridized carbons (Fsp3) is 0.348. The van der Waals surface area contributed by atoms with Crippen LogP contribution in [0.2, 0.25) is 0 Å². The molecular formula is C23H26Br3N3O4S. The third-order valence-corrected chi connectivity index (χ3v) is 6.27. The Labute approximate surface area is 230 Å². The lowest BCUT2D eigenvalue weighted by atomic mass is 10.2. The van der Waals surface area contributed by atoms with Gasteiger partial charge in [-0.2, -0.15) is 0 Å². The molecule has 34 heavy (non-hydrogen) atoms. The van der Waals surface area contributed by atoms with Crippen LogP contribution in [0.15, 0.2) is 43.7 Å². The Morgan fingerprint density at radius 3 is 2.44 bits per heavy atom. The molecule has 2 amide bonds. The molecule has 0 spiro atoms. The number of amides is 2. The zero-order chi connectivity index (χ0) is 25.1. The van der Waals surface area contributed by atoms with Gasteiger partial charge in [0.2, 0.25) is 0 Å². The quantitative estimate of drug-likeness (QED) is 0.163. The van der Waals surface area contributed by atoms with E-state index in [-0.39, 0.29) is 11.7 Å². The van der Waals surface area contributed by atoms with Crippen molar-refractivity contribution in [1.82, 2.24) is 16.2 Å². The van der Waals surface area contributed by atoms with Crippen molar-refractivity contribution in [2.24, 2.45) is 0 Å². The van der Waals surface area contributed by atoms with Gasteiger partial charge in [0.1, 0.15) is 11.5 Å². The first-order valence-corrected chi connectivity index (χ1v) is 13.4. The molecule has 0 bridgehead atoms. The van der Waals surface area contributed by atoms with Gasteiger partial charge in [-0.25, -0.2) is 0 Å². The molecule has 2 rings (SSSR count). The van der Waals surface area contributed by atoms with E-state index in [2.05, 4.69) is 70.9 Å². The van der Waals surface area contributed by atoms with Crippen LogP contribution in [-0.4, -0.2) is 30.1 Å². The zero-order valence-corrected chi connectivity index (χ0v) is 24.4. The summed E-state index contributed by atoms with van der Waals surface area (Å²) in [5, 5.41) is 2.48. The van der Waals surface area contributed by atoms with Crippen LogP contribution in [0, 0.1) is 6.92 Å². The Hall–Kier alpha value is -1.69. The normalized spacial score (nSPS) is 10.4. The number of halogens is 3. The number of hydrogen-bond acceptors (Lipinski definition) is 5. The van der Waals surface area contributed by atoms with Gasteiger partial charge in [-0.15, -0.1) is 0 Å². The molecule has 184 valence electrons. The molecule has 0 aromatic heterocycles. The summed E-state index contributed by atoms with van der Waals surface area (Å²) in [6.07, 6.45) is 4.27. The van der Waals surface area contributed by atoms with Crippen molar-refractivity contribution in [3.8, 4) is 11.5 Å². The number of hydrogen-bond donors (Lipinski definition) is 3. The molecule has 0 aliphatic rings. The predicted octanol–water partition coefficient (Wildman–Crippen LogP) is 5.96. The minimum atomic E-state index is -0.468. The Morgan fingerprint density at radius 1 is 0.971 bits per heavy atom. The number of unbranched alkanes of at least 4 members (excludes halogenated alkanes) is 3. The van der Waals surface area contributed by atoms with E-state index in [1.165, 1.54) is 0 Å². The molecule has 0 unspecified atom stereocenters. The second-order valence-corrected chi connectivity index (χ2v) is 10.4. The number of aryl methyl sites for hydroxylation is 1. The summed E-state index contributed by atoms with van der Waals surface area (Å²) in [4.78, 5) is 24.9. The molecule has 11 heteroatoms. The third-order valence-electron chi connectivity index (χ3n) is 4.53. The fourth-order valence-electron chi connectivity index (χ4n) is 2.89. The fourth-order valence-corrected chi connectivity index (χ4v) is 4.95. The number of benzene rings is 2. The number of carbonyl (C=O) groups is 2. The maximum Gasteiger partial charge on any atom is 0.276 e. The number of rotatable bonds is 10. The van der Waals surface area contributed by atoms with Crippen molar-refractivity contribution in [3.63, 3.8) is 0 Å². The summed E-state index contributed by atoms with van der Waals surface area (Å²) in [7, 11) is 0. The van der Waals surface area contributed by atoms with Crippen LogP contribution in [0.5, 0.6) is 11.5 Å². The summed E-state index contributed by atoms with van der Waals surface area (Å²) in [5.41, 5.74) is 6.11. The van der Waals surface area contributed by atoms with Gasteiger partial charge >= 0.3 is 0 Å². The SMILES string of the molecule is CCCCCCOc1ccc(Br)cc1C(=O)NC(=S)NNC(=O)COc1c(C)cc(Br)cc1Br. The first kappa shape index (κ1) is 28.5. The zero-order valence-electron chi connectivity index (χ0n) is 18.8. The Kier molecular flexibility index (Phi) is 12.3. The second-order valence-electron chi connectivity index (χ2n) is 7.33. The second kappa shape index (κ2) is 14.7. The van der Waals surface area contributed by atoms with Crippen molar-refractivity contribution >= 4 is 76.9 Å². The average molecular weight is 680 g/mol. The molecule has 0 saturated heterocycles. The topological polar surface area (TPSA) is 88.7 Å². The molecular weight excluding hydrogens is 654 g/mol.